The first-order valence-corrected chi connectivity index (χ1v) is 16.3. The minimum atomic E-state index is -4.33. The largest absolute Gasteiger partial charge is 0.748 e. The zero-order valence-electron chi connectivity index (χ0n) is 23.6. The highest BCUT2D eigenvalue weighted by atomic mass is 32.2. The molecule has 4 aliphatic carbocycles. The Morgan fingerprint density at radius 1 is 1.05 bits per heavy atom. The molecule has 1 amide bonds. The average Bonchev–Trinajstić information content (AvgIpc) is 3.18. The van der Waals surface area contributed by atoms with Gasteiger partial charge in [0.25, 0.3) is 0 Å². The molecule has 4 rings (SSSR count). The molecule has 37 heavy (non-hydrogen) atoms. The van der Waals surface area contributed by atoms with Gasteiger partial charge in [-0.25, -0.2) is 8.42 Å². The normalized spacial score (nSPS) is 44.4. The van der Waals surface area contributed by atoms with Crippen molar-refractivity contribution >= 4 is 16.0 Å². The lowest BCUT2D eigenvalue weighted by Crippen LogP contribution is -2.62. The average molecular weight is 541 g/mol. The Bertz CT molecular complexity index is 941. The molecule has 0 unspecified atom stereocenters. The summed E-state index contributed by atoms with van der Waals surface area (Å²) in [5.41, 5.74) is 0.353. The van der Waals surface area contributed by atoms with E-state index in [1.807, 2.05) is 0 Å². The molecule has 8 heteroatoms. The number of carbonyl (C=O) groups excluding carboxylic acids is 1. The topological polar surface area (TPSA) is 118 Å². The second-order valence-corrected chi connectivity index (χ2v) is 15.2. The van der Waals surface area contributed by atoms with Crippen LogP contribution < -0.4 is 0 Å². The maximum atomic E-state index is 12.6. The third-order valence-corrected chi connectivity index (χ3v) is 12.7. The fourth-order valence-corrected chi connectivity index (χ4v) is 10.5. The van der Waals surface area contributed by atoms with E-state index in [4.69, 9.17) is 0 Å². The monoisotopic (exact) mass is 540 g/mol. The van der Waals surface area contributed by atoms with Crippen LogP contribution in [0.15, 0.2) is 0 Å². The lowest BCUT2D eigenvalue weighted by molar-refractivity contribution is -0.203. The number of rotatable bonds is 8. The van der Waals surface area contributed by atoms with Crippen molar-refractivity contribution in [3.8, 4) is 0 Å². The van der Waals surface area contributed by atoms with Crippen molar-refractivity contribution in [1.82, 2.24) is 4.90 Å². The molecule has 0 aliphatic heterocycles. The van der Waals surface area contributed by atoms with Crippen LogP contribution in [0.1, 0.15) is 91.9 Å². The number of hydrogen-bond acceptors (Lipinski definition) is 6. The Labute approximate surface area is 224 Å². The van der Waals surface area contributed by atoms with Crippen LogP contribution in [0.25, 0.3) is 0 Å². The molecule has 4 saturated carbocycles. The van der Waals surface area contributed by atoms with Gasteiger partial charge in [-0.3, -0.25) is 4.79 Å². The molecule has 0 aromatic carbocycles. The summed E-state index contributed by atoms with van der Waals surface area (Å²) in [4.78, 5) is 14.0. The summed E-state index contributed by atoms with van der Waals surface area (Å²) < 4.78 is 32.8. The van der Waals surface area contributed by atoms with Gasteiger partial charge in [0, 0.05) is 20.0 Å². The molecule has 11 atom stereocenters. The molecule has 0 spiro atoms. The third kappa shape index (κ3) is 5.38. The van der Waals surface area contributed by atoms with Crippen molar-refractivity contribution < 1.29 is 28.0 Å². The Kier molecular flexibility index (Phi) is 8.47. The fourth-order valence-electron chi connectivity index (χ4n) is 10.0. The van der Waals surface area contributed by atoms with Gasteiger partial charge in [0.05, 0.1) is 28.1 Å². The van der Waals surface area contributed by atoms with Crippen molar-refractivity contribution in [2.45, 2.75) is 104 Å². The predicted molar refractivity (Wildman–Crippen MR) is 142 cm³/mol. The van der Waals surface area contributed by atoms with E-state index in [2.05, 4.69) is 27.7 Å². The number of hydrogen-bond donors (Lipinski definition) is 2. The van der Waals surface area contributed by atoms with Crippen LogP contribution in [0, 0.1) is 52.3 Å². The van der Waals surface area contributed by atoms with Crippen molar-refractivity contribution in [2.24, 2.45) is 52.3 Å². The highest BCUT2D eigenvalue weighted by Crippen LogP contribution is 2.69. The maximum absolute atomic E-state index is 12.6. The molecule has 214 valence electrons. The second kappa shape index (κ2) is 10.7. The van der Waals surface area contributed by atoms with Gasteiger partial charge in [0.2, 0.25) is 5.91 Å². The molecular formula is C29H50NO6S-. The molecule has 0 heterocycles. The first kappa shape index (κ1) is 29.3. The Morgan fingerprint density at radius 3 is 2.35 bits per heavy atom. The summed E-state index contributed by atoms with van der Waals surface area (Å²) in [7, 11) is -2.76. The zero-order chi connectivity index (χ0) is 27.3. The van der Waals surface area contributed by atoms with Crippen LogP contribution in [0.4, 0.5) is 0 Å². The predicted octanol–water partition coefficient (Wildman–Crippen LogP) is 4.03. The summed E-state index contributed by atoms with van der Waals surface area (Å²) in [6.45, 7) is 9.32. The number of nitrogens with zero attached hydrogens (tertiary/aromatic N) is 1. The number of amides is 1. The number of aliphatic hydroxyl groups is 2. The highest BCUT2D eigenvalue weighted by Gasteiger charge is 2.64. The van der Waals surface area contributed by atoms with E-state index >= 15 is 0 Å². The fraction of sp³-hybridized carbons (Fsp3) is 0.966. The minimum absolute atomic E-state index is 0.0569. The SMILES string of the molecule is CC[C@H]1[C@@H](O)[C@@H]2[C@H](CC[C@]3(C)[C@@H]([C@H](C)CCC(=O)N(C)CCS(=O)(=O)[O-])CC[C@@H]23)[C@@]2(C)CC[C@@H](O)C[C@@H]12. The van der Waals surface area contributed by atoms with Crippen molar-refractivity contribution in [3.63, 3.8) is 0 Å². The molecule has 0 aromatic rings. The third-order valence-electron chi connectivity index (χ3n) is 12.1. The summed E-state index contributed by atoms with van der Waals surface area (Å²) in [6, 6.07) is 0. The molecule has 0 saturated heterocycles. The lowest BCUT2D eigenvalue weighted by Gasteiger charge is -2.64. The van der Waals surface area contributed by atoms with Crippen molar-refractivity contribution in [3.05, 3.63) is 0 Å². The van der Waals surface area contributed by atoms with Gasteiger partial charge in [-0.2, -0.15) is 0 Å². The van der Waals surface area contributed by atoms with E-state index in [0.29, 0.717) is 41.9 Å². The van der Waals surface area contributed by atoms with Gasteiger partial charge in [-0.1, -0.05) is 34.1 Å². The first-order valence-electron chi connectivity index (χ1n) is 14.8. The minimum Gasteiger partial charge on any atom is -0.748 e. The molecule has 4 fully saturated rings. The smallest absolute Gasteiger partial charge is 0.222 e. The summed E-state index contributed by atoms with van der Waals surface area (Å²) in [6.07, 6.45) is 8.91. The quantitative estimate of drug-likeness (QED) is 0.449. The molecule has 7 nitrogen and oxygen atoms in total. The van der Waals surface area contributed by atoms with Gasteiger partial charge < -0.3 is 19.7 Å². The van der Waals surface area contributed by atoms with Crippen LogP contribution in [-0.4, -0.2) is 65.5 Å². The van der Waals surface area contributed by atoms with E-state index in [1.165, 1.54) is 4.90 Å². The van der Waals surface area contributed by atoms with Crippen molar-refractivity contribution in [1.29, 1.82) is 0 Å². The summed E-state index contributed by atoms with van der Waals surface area (Å²) in [5, 5.41) is 22.3. The van der Waals surface area contributed by atoms with E-state index in [1.54, 1.807) is 7.05 Å². The van der Waals surface area contributed by atoms with Crippen molar-refractivity contribution in [2.75, 3.05) is 19.3 Å². The van der Waals surface area contributed by atoms with Crippen LogP contribution in [0.2, 0.25) is 0 Å². The molecule has 4 aliphatic rings. The Morgan fingerprint density at radius 2 is 1.70 bits per heavy atom. The Hall–Kier alpha value is -0.700. The zero-order valence-corrected chi connectivity index (χ0v) is 24.4. The molecular weight excluding hydrogens is 490 g/mol. The summed E-state index contributed by atoms with van der Waals surface area (Å²) in [5.74, 6) is 2.20. The van der Waals surface area contributed by atoms with E-state index in [9.17, 15) is 28.0 Å². The van der Waals surface area contributed by atoms with Gasteiger partial charge in [-0.05, 0) is 104 Å². The van der Waals surface area contributed by atoms with Gasteiger partial charge in [0.1, 0.15) is 0 Å². The molecule has 0 radical (unpaired) electrons. The van der Waals surface area contributed by atoms with Crippen LogP contribution in [0.5, 0.6) is 0 Å². The molecule has 2 N–H and O–H groups in total. The number of fused-ring (bicyclic) bond motifs is 5. The first-order chi connectivity index (χ1) is 17.2. The number of aliphatic hydroxyl groups excluding tert-OH is 2. The lowest BCUT2D eigenvalue weighted by atomic mass is 9.41. The Balaban J connectivity index is 1.45. The van der Waals surface area contributed by atoms with E-state index < -0.39 is 15.9 Å². The van der Waals surface area contributed by atoms with Gasteiger partial charge in [-0.15, -0.1) is 0 Å². The van der Waals surface area contributed by atoms with Crippen LogP contribution >= 0.6 is 0 Å². The van der Waals surface area contributed by atoms with Gasteiger partial charge >= 0.3 is 0 Å². The van der Waals surface area contributed by atoms with Gasteiger partial charge in [0.15, 0.2) is 0 Å². The maximum Gasteiger partial charge on any atom is 0.222 e. The van der Waals surface area contributed by atoms with Crippen LogP contribution in [-0.2, 0) is 14.9 Å². The van der Waals surface area contributed by atoms with E-state index in [-0.39, 0.29) is 41.4 Å². The molecule has 0 bridgehead atoms. The molecule has 0 aromatic heterocycles. The number of carbonyl (C=O) groups is 1. The highest BCUT2D eigenvalue weighted by molar-refractivity contribution is 7.85. The standard InChI is InChI=1S/C29H51NO6S/c1-6-20-24-17-19(31)11-13-29(24,4)23-12-14-28(3)21(8-9-22(28)26(23)27(20)33)18(2)7-10-25(32)30(5)15-16-37(34,35)36/h18-24,26-27,31,33H,6-17H2,1-5H3,(H,34,35,36)/p-1/t18-,19-,20-,21-,22+,23+,24+,26+,27-,28-,29-/m1/s1. The summed E-state index contributed by atoms with van der Waals surface area (Å²) >= 11 is 0. The van der Waals surface area contributed by atoms with E-state index in [0.717, 1.165) is 57.8 Å². The second-order valence-electron chi connectivity index (χ2n) is 13.7. The van der Waals surface area contributed by atoms with Crippen LogP contribution in [0.3, 0.4) is 0 Å².